The van der Waals surface area contributed by atoms with E-state index in [9.17, 15) is 9.90 Å². The van der Waals surface area contributed by atoms with Gasteiger partial charge in [0.2, 0.25) is 0 Å². The summed E-state index contributed by atoms with van der Waals surface area (Å²) in [5.41, 5.74) is 5.46. The van der Waals surface area contributed by atoms with Crippen LogP contribution < -0.4 is 5.32 Å². The first-order valence-corrected chi connectivity index (χ1v) is 12.1. The van der Waals surface area contributed by atoms with Crippen LogP contribution in [0.5, 0.6) is 0 Å². The van der Waals surface area contributed by atoms with Gasteiger partial charge in [-0.3, -0.25) is 9.69 Å². The quantitative estimate of drug-likeness (QED) is 0.621. The molecule has 1 aliphatic heterocycles. The van der Waals surface area contributed by atoms with Crippen molar-refractivity contribution in [2.45, 2.75) is 50.3 Å². The fourth-order valence-electron chi connectivity index (χ4n) is 5.52. The van der Waals surface area contributed by atoms with Crippen molar-refractivity contribution in [3.8, 4) is 0 Å². The zero-order valence-corrected chi connectivity index (χ0v) is 19.0. The number of rotatable bonds is 5. The van der Waals surface area contributed by atoms with Gasteiger partial charge in [-0.05, 0) is 66.6 Å². The van der Waals surface area contributed by atoms with Crippen LogP contribution in [0.25, 0.3) is 0 Å². The summed E-state index contributed by atoms with van der Waals surface area (Å²) >= 11 is 0. The van der Waals surface area contributed by atoms with Crippen LogP contribution in [-0.4, -0.2) is 41.1 Å². The van der Waals surface area contributed by atoms with Crippen molar-refractivity contribution in [2.75, 3.05) is 13.1 Å². The van der Waals surface area contributed by atoms with Gasteiger partial charge in [0.05, 0.1) is 6.10 Å². The summed E-state index contributed by atoms with van der Waals surface area (Å²) in [6.07, 6.45) is 3.16. The maximum absolute atomic E-state index is 13.1. The number of carbonyl (C=O) groups is 1. The molecule has 1 saturated heterocycles. The Morgan fingerprint density at radius 2 is 1.58 bits per heavy atom. The van der Waals surface area contributed by atoms with Crippen molar-refractivity contribution in [3.05, 3.63) is 107 Å². The van der Waals surface area contributed by atoms with Gasteiger partial charge in [-0.1, -0.05) is 72.8 Å². The van der Waals surface area contributed by atoms with Gasteiger partial charge in [0.1, 0.15) is 0 Å². The SMILES string of the molecule is O=C(NCc1ccccc1)c1cccc2c1C[C@@H](N1CCC(c3ccccc3)CC1)[C@H](O)C2. The topological polar surface area (TPSA) is 52.6 Å². The largest absolute Gasteiger partial charge is 0.391 e. The predicted molar refractivity (Wildman–Crippen MR) is 131 cm³/mol. The summed E-state index contributed by atoms with van der Waals surface area (Å²) in [4.78, 5) is 15.5. The number of nitrogens with zero attached hydrogens (tertiary/aromatic N) is 1. The van der Waals surface area contributed by atoms with E-state index in [1.54, 1.807) is 0 Å². The lowest BCUT2D eigenvalue weighted by Crippen LogP contribution is -2.51. The molecular weight excluding hydrogens is 408 g/mol. The lowest BCUT2D eigenvalue weighted by atomic mass is 9.81. The second kappa shape index (κ2) is 9.90. The molecule has 1 amide bonds. The monoisotopic (exact) mass is 440 g/mol. The molecule has 3 aromatic rings. The highest BCUT2D eigenvalue weighted by atomic mass is 16.3. The number of likely N-dealkylation sites (tertiary alicyclic amines) is 1. The number of benzene rings is 3. The Balaban J connectivity index is 1.27. The second-order valence-corrected chi connectivity index (χ2v) is 9.38. The zero-order chi connectivity index (χ0) is 22.6. The molecule has 0 unspecified atom stereocenters. The van der Waals surface area contributed by atoms with Gasteiger partial charge in [-0.25, -0.2) is 0 Å². The molecule has 2 aliphatic rings. The third-order valence-corrected chi connectivity index (χ3v) is 7.37. The number of hydrogen-bond acceptors (Lipinski definition) is 3. The molecular formula is C29H32N2O2. The summed E-state index contributed by atoms with van der Waals surface area (Å²) in [6.45, 7) is 2.49. The molecule has 0 bridgehead atoms. The summed E-state index contributed by atoms with van der Waals surface area (Å²) in [5.74, 6) is 0.559. The third-order valence-electron chi connectivity index (χ3n) is 7.37. The van der Waals surface area contributed by atoms with Crippen LogP contribution in [0.4, 0.5) is 0 Å². The average Bonchev–Trinajstić information content (AvgIpc) is 2.88. The van der Waals surface area contributed by atoms with Crippen molar-refractivity contribution < 1.29 is 9.90 Å². The Kier molecular flexibility index (Phi) is 6.56. The minimum Gasteiger partial charge on any atom is -0.391 e. The van der Waals surface area contributed by atoms with Gasteiger partial charge < -0.3 is 10.4 Å². The number of nitrogens with one attached hydrogen (secondary N) is 1. The first-order valence-electron chi connectivity index (χ1n) is 12.1. The molecule has 4 heteroatoms. The van der Waals surface area contributed by atoms with Crippen molar-refractivity contribution in [1.82, 2.24) is 10.2 Å². The second-order valence-electron chi connectivity index (χ2n) is 9.38. The first kappa shape index (κ1) is 21.9. The van der Waals surface area contributed by atoms with E-state index in [1.165, 1.54) is 5.56 Å². The number of piperidine rings is 1. The molecule has 33 heavy (non-hydrogen) atoms. The highest BCUT2D eigenvalue weighted by Gasteiger charge is 2.35. The lowest BCUT2D eigenvalue weighted by molar-refractivity contribution is 0.0292. The minimum atomic E-state index is -0.395. The molecule has 2 atom stereocenters. The number of hydrogen-bond donors (Lipinski definition) is 2. The van der Waals surface area contributed by atoms with E-state index in [2.05, 4.69) is 46.6 Å². The molecule has 0 spiro atoms. The standard InChI is InChI=1S/C29H32N2O2/c32-28-18-24-12-7-13-25(29(33)30-20-21-8-3-1-4-9-21)26(24)19-27(28)31-16-14-23(15-17-31)22-10-5-2-6-11-22/h1-13,23,27-28,32H,14-20H2,(H,30,33)/t27-,28-/m1/s1. The van der Waals surface area contributed by atoms with E-state index in [4.69, 9.17) is 0 Å². The molecule has 1 fully saturated rings. The molecule has 1 heterocycles. The van der Waals surface area contributed by atoms with Crippen LogP contribution in [0.15, 0.2) is 78.9 Å². The van der Waals surface area contributed by atoms with Crippen LogP contribution >= 0.6 is 0 Å². The molecule has 0 saturated carbocycles. The molecule has 0 radical (unpaired) electrons. The van der Waals surface area contributed by atoms with E-state index in [0.717, 1.165) is 54.6 Å². The van der Waals surface area contributed by atoms with Gasteiger partial charge in [0.15, 0.2) is 0 Å². The smallest absolute Gasteiger partial charge is 0.251 e. The molecule has 1 aliphatic carbocycles. The fourth-order valence-corrected chi connectivity index (χ4v) is 5.52. The molecule has 5 rings (SSSR count). The summed E-state index contributed by atoms with van der Waals surface area (Å²) in [5, 5.41) is 14.1. The zero-order valence-electron chi connectivity index (χ0n) is 19.0. The average molecular weight is 441 g/mol. The number of aliphatic hydroxyl groups excluding tert-OH is 1. The summed E-state index contributed by atoms with van der Waals surface area (Å²) < 4.78 is 0. The Hall–Kier alpha value is -2.95. The number of amides is 1. The molecule has 170 valence electrons. The first-order chi connectivity index (χ1) is 16.2. The Labute approximate surface area is 196 Å². The highest BCUT2D eigenvalue weighted by Crippen LogP contribution is 2.33. The highest BCUT2D eigenvalue weighted by molar-refractivity contribution is 5.96. The van der Waals surface area contributed by atoms with Gasteiger partial charge in [-0.2, -0.15) is 0 Å². The Morgan fingerprint density at radius 1 is 0.879 bits per heavy atom. The number of fused-ring (bicyclic) bond motifs is 1. The lowest BCUT2D eigenvalue weighted by Gasteiger charge is -2.42. The molecule has 4 nitrogen and oxygen atoms in total. The maximum atomic E-state index is 13.1. The van der Waals surface area contributed by atoms with E-state index >= 15 is 0 Å². The predicted octanol–water partition coefficient (Wildman–Crippen LogP) is 4.32. The molecule has 2 N–H and O–H groups in total. The molecule has 0 aromatic heterocycles. The van der Waals surface area contributed by atoms with Crippen molar-refractivity contribution >= 4 is 5.91 Å². The van der Waals surface area contributed by atoms with Crippen LogP contribution in [0.1, 0.15) is 51.4 Å². The summed E-state index contributed by atoms with van der Waals surface area (Å²) in [7, 11) is 0. The van der Waals surface area contributed by atoms with Gasteiger partial charge in [-0.15, -0.1) is 0 Å². The van der Waals surface area contributed by atoms with Gasteiger partial charge >= 0.3 is 0 Å². The van der Waals surface area contributed by atoms with Crippen LogP contribution in [0.3, 0.4) is 0 Å². The number of carbonyl (C=O) groups excluding carboxylic acids is 1. The maximum Gasteiger partial charge on any atom is 0.251 e. The van der Waals surface area contributed by atoms with Crippen molar-refractivity contribution in [1.29, 1.82) is 0 Å². The van der Waals surface area contributed by atoms with E-state index in [1.807, 2.05) is 42.5 Å². The van der Waals surface area contributed by atoms with E-state index in [-0.39, 0.29) is 11.9 Å². The molecule has 3 aromatic carbocycles. The summed E-state index contributed by atoms with van der Waals surface area (Å²) in [6, 6.07) is 26.7. The fraction of sp³-hybridized carbons (Fsp3) is 0.345. The van der Waals surface area contributed by atoms with Crippen LogP contribution in [-0.2, 0) is 19.4 Å². The third kappa shape index (κ3) is 4.87. The number of aliphatic hydroxyl groups is 1. The van der Waals surface area contributed by atoms with Gasteiger partial charge in [0.25, 0.3) is 5.91 Å². The minimum absolute atomic E-state index is 0.0337. The van der Waals surface area contributed by atoms with Crippen molar-refractivity contribution in [3.63, 3.8) is 0 Å². The van der Waals surface area contributed by atoms with Crippen molar-refractivity contribution in [2.24, 2.45) is 0 Å². The Morgan fingerprint density at radius 3 is 2.30 bits per heavy atom. The Bertz CT molecular complexity index is 1080. The van der Waals surface area contributed by atoms with Crippen LogP contribution in [0.2, 0.25) is 0 Å². The normalized spacial score (nSPS) is 21.4. The van der Waals surface area contributed by atoms with E-state index in [0.29, 0.717) is 18.9 Å². The van der Waals surface area contributed by atoms with Gasteiger partial charge in [0, 0.05) is 24.6 Å². The van der Waals surface area contributed by atoms with Crippen LogP contribution in [0, 0.1) is 0 Å². The van der Waals surface area contributed by atoms with E-state index < -0.39 is 6.10 Å².